The molecule has 5 N–H and O–H groups in total. The van der Waals surface area contributed by atoms with E-state index in [1.807, 2.05) is 0 Å². The fourth-order valence-electron chi connectivity index (χ4n) is 0. The first kappa shape index (κ1) is 215. The standard InChI is InChI=1S/ClH.3Mg.5H2O/h1H;;;;5*1H2/q;3*+2;;;;;/p-6. The molecule has 0 heterocycles. The molecule has 0 saturated carbocycles. The molecule has 0 amide bonds. The van der Waals surface area contributed by atoms with Gasteiger partial charge in [-0.2, -0.15) is 0 Å². The van der Waals surface area contributed by atoms with Gasteiger partial charge in [0.1, 0.15) is 0 Å². The van der Waals surface area contributed by atoms with Gasteiger partial charge < -0.3 is 39.8 Å². The van der Waals surface area contributed by atoms with E-state index >= 15 is 0 Å². The maximum absolute atomic E-state index is 0. The average molecular weight is 193 g/mol. The summed E-state index contributed by atoms with van der Waals surface area (Å²) < 4.78 is 0. The van der Waals surface area contributed by atoms with Gasteiger partial charge in [-0.1, -0.05) is 0 Å². The summed E-state index contributed by atoms with van der Waals surface area (Å²) in [5.41, 5.74) is 0. The monoisotopic (exact) mass is 192 g/mol. The van der Waals surface area contributed by atoms with Crippen LogP contribution < -0.4 is 12.4 Å². The molecule has 9 heteroatoms. The van der Waals surface area contributed by atoms with Gasteiger partial charge in [-0.05, 0) is 0 Å². The van der Waals surface area contributed by atoms with Crippen LogP contribution in [0.4, 0.5) is 0 Å². The van der Waals surface area contributed by atoms with Crippen LogP contribution >= 0.6 is 0 Å². The molecule has 0 rings (SSSR count). The minimum Gasteiger partial charge on any atom is -1.00 e. The Morgan fingerprint density at radius 2 is 0.333 bits per heavy atom. The van der Waals surface area contributed by atoms with Crippen LogP contribution in [-0.2, 0) is 0 Å². The van der Waals surface area contributed by atoms with E-state index < -0.39 is 0 Å². The van der Waals surface area contributed by atoms with Crippen molar-refractivity contribution in [1.29, 1.82) is 0 Å². The molecule has 0 aliphatic carbocycles. The summed E-state index contributed by atoms with van der Waals surface area (Å²) in [5.74, 6) is 0. The van der Waals surface area contributed by atoms with Gasteiger partial charge in [-0.15, -0.1) is 0 Å². The van der Waals surface area contributed by atoms with Crippen molar-refractivity contribution in [2.45, 2.75) is 0 Å². The molecule has 0 radical (unpaired) electrons. The van der Waals surface area contributed by atoms with Crippen LogP contribution in [0.5, 0.6) is 0 Å². The van der Waals surface area contributed by atoms with Crippen molar-refractivity contribution < 1.29 is 39.8 Å². The first-order chi connectivity index (χ1) is 0. The van der Waals surface area contributed by atoms with Crippen LogP contribution in [0.25, 0.3) is 0 Å². The van der Waals surface area contributed by atoms with Crippen molar-refractivity contribution in [2.24, 2.45) is 0 Å². The minimum absolute atomic E-state index is 0. The van der Waals surface area contributed by atoms with E-state index in [9.17, 15) is 0 Å². The molecule has 0 aliphatic rings. The Hall–Kier alpha value is 2.39. The number of rotatable bonds is 0. The van der Waals surface area contributed by atoms with Crippen molar-refractivity contribution >= 4 is 69.2 Å². The summed E-state index contributed by atoms with van der Waals surface area (Å²) in [6.45, 7) is 0. The van der Waals surface area contributed by atoms with Gasteiger partial charge >= 0.3 is 69.2 Å². The molecule has 9 heavy (non-hydrogen) atoms. The molecule has 0 aromatic heterocycles. The third-order valence-corrected chi connectivity index (χ3v) is 0. The topological polar surface area (TPSA) is 150 Å². The van der Waals surface area contributed by atoms with Crippen LogP contribution in [0.3, 0.4) is 0 Å². The quantitative estimate of drug-likeness (QED) is 0.353. The molecule has 48 valence electrons. The zero-order chi connectivity index (χ0) is 0. The first-order valence-electron chi connectivity index (χ1n) is 0. The molecule has 0 aromatic rings. The van der Waals surface area contributed by atoms with Gasteiger partial charge in [0.15, 0.2) is 0 Å². The fraction of sp³-hybridized carbons (Fsp3) is 0. The smallest absolute Gasteiger partial charge is 1.00 e. The SMILES string of the molecule is [Cl-].[Mg+2].[Mg+2].[Mg+2].[OH-].[OH-].[OH-].[OH-].[OH-]. The molecule has 0 aliphatic heterocycles. The van der Waals surface area contributed by atoms with Gasteiger partial charge in [-0.3, -0.25) is 0 Å². The second-order valence-electron chi connectivity index (χ2n) is 0. The zero-order valence-electron chi connectivity index (χ0n) is 4.74. The van der Waals surface area contributed by atoms with E-state index in [4.69, 9.17) is 0 Å². The largest absolute Gasteiger partial charge is 2.00 e. The Morgan fingerprint density at radius 3 is 0.333 bits per heavy atom. The maximum Gasteiger partial charge on any atom is 2.00 e. The van der Waals surface area contributed by atoms with E-state index in [0.29, 0.717) is 0 Å². The Morgan fingerprint density at radius 1 is 0.333 bits per heavy atom. The molecular formula is H5ClMg3O5. The van der Waals surface area contributed by atoms with Crippen LogP contribution in [-0.4, -0.2) is 96.5 Å². The van der Waals surface area contributed by atoms with Crippen LogP contribution in [0.2, 0.25) is 0 Å². The summed E-state index contributed by atoms with van der Waals surface area (Å²) in [4.78, 5) is 0. The van der Waals surface area contributed by atoms with Gasteiger partial charge in [-0.25, -0.2) is 0 Å². The Bertz CT molecular complexity index is 12.2. The molecule has 0 saturated heterocycles. The van der Waals surface area contributed by atoms with Crippen molar-refractivity contribution in [3.63, 3.8) is 0 Å². The molecule has 0 atom stereocenters. The number of halogens is 1. The number of hydrogen-bond acceptors (Lipinski definition) is 5. The van der Waals surface area contributed by atoms with E-state index in [-0.39, 0.29) is 109 Å². The summed E-state index contributed by atoms with van der Waals surface area (Å²) in [5, 5.41) is 0. The third kappa shape index (κ3) is 128. The first-order valence-corrected chi connectivity index (χ1v) is 0. The van der Waals surface area contributed by atoms with E-state index in [1.54, 1.807) is 0 Å². The van der Waals surface area contributed by atoms with Gasteiger partial charge in [0.2, 0.25) is 0 Å². The van der Waals surface area contributed by atoms with Crippen molar-refractivity contribution in [2.75, 3.05) is 0 Å². The Labute approximate surface area is 108 Å². The van der Waals surface area contributed by atoms with Crippen LogP contribution in [0.1, 0.15) is 0 Å². The summed E-state index contributed by atoms with van der Waals surface area (Å²) >= 11 is 0. The zero-order valence-corrected chi connectivity index (χ0v) is 9.73. The fourth-order valence-corrected chi connectivity index (χ4v) is 0. The van der Waals surface area contributed by atoms with Crippen LogP contribution in [0, 0.1) is 0 Å². The molecule has 0 spiro atoms. The Balaban J connectivity index is 0. The van der Waals surface area contributed by atoms with E-state index in [2.05, 4.69) is 0 Å². The normalized spacial score (nSPS) is 0. The summed E-state index contributed by atoms with van der Waals surface area (Å²) in [6.07, 6.45) is 0. The minimum atomic E-state index is 0. The second-order valence-corrected chi connectivity index (χ2v) is 0. The molecule has 0 unspecified atom stereocenters. The van der Waals surface area contributed by atoms with Crippen molar-refractivity contribution in [3.8, 4) is 0 Å². The molecular weight excluding hydrogens is 188 g/mol. The summed E-state index contributed by atoms with van der Waals surface area (Å²) in [6, 6.07) is 0. The van der Waals surface area contributed by atoms with Crippen molar-refractivity contribution in [1.82, 2.24) is 0 Å². The molecule has 0 fully saturated rings. The van der Waals surface area contributed by atoms with Gasteiger partial charge in [0.05, 0.1) is 0 Å². The average Bonchev–Trinajstić information content (AvgIpc) is 0. The summed E-state index contributed by atoms with van der Waals surface area (Å²) in [7, 11) is 0. The van der Waals surface area contributed by atoms with Crippen molar-refractivity contribution in [3.05, 3.63) is 0 Å². The van der Waals surface area contributed by atoms with Gasteiger partial charge in [0.25, 0.3) is 0 Å². The predicted molar refractivity (Wildman–Crippen MR) is 26.9 cm³/mol. The Kier molecular flexibility index (Phi) is 3840. The molecule has 0 bridgehead atoms. The van der Waals surface area contributed by atoms with Gasteiger partial charge in [0, 0.05) is 0 Å². The second kappa shape index (κ2) is 160. The van der Waals surface area contributed by atoms with E-state index in [0.717, 1.165) is 0 Å². The molecule has 0 aromatic carbocycles. The van der Waals surface area contributed by atoms with E-state index in [1.165, 1.54) is 0 Å². The molecule has 5 nitrogen and oxygen atoms in total. The third-order valence-electron chi connectivity index (χ3n) is 0. The number of hydrogen-bond donors (Lipinski definition) is 0. The van der Waals surface area contributed by atoms with Crippen LogP contribution in [0.15, 0.2) is 0 Å². The predicted octanol–water partition coefficient (Wildman–Crippen LogP) is -5.02. The maximum atomic E-state index is 0.